The minimum atomic E-state index is -0.519. The minimum absolute atomic E-state index is 0.0351. The van der Waals surface area contributed by atoms with Crippen LogP contribution in [0.5, 0.6) is 0 Å². The summed E-state index contributed by atoms with van der Waals surface area (Å²) in [5.41, 5.74) is 5.53. The van der Waals surface area contributed by atoms with Crippen molar-refractivity contribution in [3.05, 3.63) is 64.5 Å². The predicted molar refractivity (Wildman–Crippen MR) is 86.2 cm³/mol. The third-order valence-corrected chi connectivity index (χ3v) is 3.84. The maximum Gasteiger partial charge on any atom is 0.0945 e. The van der Waals surface area contributed by atoms with E-state index in [1.807, 2.05) is 25.1 Å². The van der Waals surface area contributed by atoms with Crippen LogP contribution >= 0.6 is 0 Å². The summed E-state index contributed by atoms with van der Waals surface area (Å²) in [5, 5.41) is 14.0. The van der Waals surface area contributed by atoms with Crippen LogP contribution in [0.1, 0.15) is 41.0 Å². The van der Waals surface area contributed by atoms with Crippen molar-refractivity contribution in [2.45, 2.75) is 46.4 Å². The van der Waals surface area contributed by atoms with Crippen molar-refractivity contribution in [2.75, 3.05) is 0 Å². The highest BCUT2D eigenvalue weighted by atomic mass is 16.3. The number of rotatable bonds is 5. The van der Waals surface area contributed by atoms with E-state index in [2.05, 4.69) is 43.2 Å². The Bertz CT molecular complexity index is 572. The summed E-state index contributed by atoms with van der Waals surface area (Å²) >= 11 is 0. The van der Waals surface area contributed by atoms with Gasteiger partial charge in [-0.05, 0) is 56.5 Å². The minimum Gasteiger partial charge on any atom is -0.387 e. The van der Waals surface area contributed by atoms with Gasteiger partial charge in [0.05, 0.1) is 11.8 Å². The molecule has 0 fully saturated rings. The molecule has 1 heterocycles. The van der Waals surface area contributed by atoms with Crippen LogP contribution in [0.3, 0.4) is 0 Å². The van der Waals surface area contributed by atoms with E-state index in [0.29, 0.717) is 6.54 Å². The van der Waals surface area contributed by atoms with Gasteiger partial charge in [-0.3, -0.25) is 4.98 Å². The molecule has 2 rings (SSSR count). The topological polar surface area (TPSA) is 45.1 Å². The highest BCUT2D eigenvalue weighted by molar-refractivity contribution is 5.39. The molecule has 2 N–H and O–H groups in total. The molecule has 0 aliphatic carbocycles. The van der Waals surface area contributed by atoms with E-state index in [-0.39, 0.29) is 6.04 Å². The van der Waals surface area contributed by atoms with Crippen LogP contribution in [0.2, 0.25) is 0 Å². The van der Waals surface area contributed by atoms with Gasteiger partial charge in [0, 0.05) is 18.8 Å². The summed E-state index contributed by atoms with van der Waals surface area (Å²) < 4.78 is 0. The first-order valence-electron chi connectivity index (χ1n) is 7.38. The van der Waals surface area contributed by atoms with E-state index in [9.17, 15) is 5.11 Å². The van der Waals surface area contributed by atoms with Crippen molar-refractivity contribution in [3.8, 4) is 0 Å². The normalized spacial score (nSPS) is 14.0. The number of nitrogens with zero attached hydrogens (tertiary/aromatic N) is 1. The van der Waals surface area contributed by atoms with Gasteiger partial charge in [-0.25, -0.2) is 0 Å². The number of aliphatic hydroxyl groups excluding tert-OH is 1. The quantitative estimate of drug-likeness (QED) is 0.886. The fraction of sp³-hybridized carbons (Fsp3) is 0.389. The molecule has 1 aromatic heterocycles. The van der Waals surface area contributed by atoms with Crippen LogP contribution in [0.25, 0.3) is 0 Å². The number of aliphatic hydroxyl groups is 1. The fourth-order valence-electron chi connectivity index (χ4n) is 2.79. The Balaban J connectivity index is 2.07. The Morgan fingerprint density at radius 3 is 2.38 bits per heavy atom. The zero-order valence-corrected chi connectivity index (χ0v) is 13.2. The molecular formula is C18H24N2O. The molecule has 0 aliphatic rings. The lowest BCUT2D eigenvalue weighted by Crippen LogP contribution is -2.32. The van der Waals surface area contributed by atoms with Crippen LogP contribution < -0.4 is 5.32 Å². The molecule has 2 unspecified atom stereocenters. The van der Waals surface area contributed by atoms with Crippen LogP contribution in [0, 0.1) is 20.8 Å². The summed E-state index contributed by atoms with van der Waals surface area (Å²) in [6, 6.07) is 10.1. The van der Waals surface area contributed by atoms with Crippen LogP contribution in [-0.4, -0.2) is 16.1 Å². The first-order chi connectivity index (χ1) is 9.99. The van der Waals surface area contributed by atoms with Crippen molar-refractivity contribution in [1.82, 2.24) is 10.3 Å². The molecule has 0 aliphatic heterocycles. The van der Waals surface area contributed by atoms with Gasteiger partial charge in [0.15, 0.2) is 0 Å². The van der Waals surface area contributed by atoms with Crippen LogP contribution in [0.4, 0.5) is 0 Å². The van der Waals surface area contributed by atoms with E-state index < -0.39 is 6.10 Å². The summed E-state index contributed by atoms with van der Waals surface area (Å²) in [5.74, 6) is 0. The van der Waals surface area contributed by atoms with E-state index in [1.54, 1.807) is 6.20 Å². The number of nitrogens with one attached hydrogen (secondary N) is 1. The largest absolute Gasteiger partial charge is 0.387 e. The molecule has 0 spiro atoms. The standard InChI is InChI=1S/C18H24N2O/c1-12-9-13(2)17(14(3)10-12)18(21)15(4)20-11-16-7-5-6-8-19-16/h5-10,15,18,20-21H,11H2,1-4H3. The molecule has 0 saturated heterocycles. The van der Waals surface area contributed by atoms with E-state index in [4.69, 9.17) is 0 Å². The monoisotopic (exact) mass is 284 g/mol. The lowest BCUT2D eigenvalue weighted by molar-refractivity contribution is 0.134. The molecule has 0 amide bonds. The number of aryl methyl sites for hydroxylation is 3. The van der Waals surface area contributed by atoms with Gasteiger partial charge in [0.1, 0.15) is 0 Å². The molecule has 2 atom stereocenters. The predicted octanol–water partition coefficient (Wildman–Crippen LogP) is 3.22. The van der Waals surface area contributed by atoms with Gasteiger partial charge in [0.2, 0.25) is 0 Å². The first kappa shape index (κ1) is 15.7. The first-order valence-corrected chi connectivity index (χ1v) is 7.38. The smallest absolute Gasteiger partial charge is 0.0945 e. The summed E-state index contributed by atoms with van der Waals surface area (Å²) in [6.07, 6.45) is 1.26. The number of pyridine rings is 1. The zero-order chi connectivity index (χ0) is 15.4. The summed E-state index contributed by atoms with van der Waals surface area (Å²) in [7, 11) is 0. The molecule has 1 aromatic carbocycles. The van der Waals surface area contributed by atoms with Crippen molar-refractivity contribution < 1.29 is 5.11 Å². The number of benzene rings is 1. The molecule has 3 heteroatoms. The number of hydrogen-bond donors (Lipinski definition) is 2. The van der Waals surface area contributed by atoms with Gasteiger partial charge in [-0.2, -0.15) is 0 Å². The third-order valence-electron chi connectivity index (χ3n) is 3.84. The van der Waals surface area contributed by atoms with E-state index in [0.717, 1.165) is 22.4 Å². The molecule has 2 aromatic rings. The van der Waals surface area contributed by atoms with Gasteiger partial charge in [-0.15, -0.1) is 0 Å². The van der Waals surface area contributed by atoms with E-state index >= 15 is 0 Å². The van der Waals surface area contributed by atoms with Crippen LogP contribution in [0.15, 0.2) is 36.5 Å². The van der Waals surface area contributed by atoms with Gasteiger partial charge in [-0.1, -0.05) is 23.8 Å². The maximum atomic E-state index is 10.6. The number of aromatic nitrogens is 1. The molecule has 112 valence electrons. The van der Waals surface area contributed by atoms with Crippen molar-refractivity contribution in [2.24, 2.45) is 0 Å². The van der Waals surface area contributed by atoms with Crippen molar-refractivity contribution in [1.29, 1.82) is 0 Å². The molecule has 0 saturated carbocycles. The lowest BCUT2D eigenvalue weighted by atomic mass is 9.92. The molecule has 0 radical (unpaired) electrons. The van der Waals surface area contributed by atoms with Crippen LogP contribution in [-0.2, 0) is 6.54 Å². The Kier molecular flexibility index (Phi) is 5.10. The Morgan fingerprint density at radius 1 is 1.14 bits per heavy atom. The maximum absolute atomic E-state index is 10.6. The summed E-state index contributed by atoms with van der Waals surface area (Å²) in [6.45, 7) is 8.86. The van der Waals surface area contributed by atoms with Gasteiger partial charge < -0.3 is 10.4 Å². The Hall–Kier alpha value is -1.71. The second-order valence-corrected chi connectivity index (χ2v) is 5.75. The van der Waals surface area contributed by atoms with Gasteiger partial charge in [0.25, 0.3) is 0 Å². The summed E-state index contributed by atoms with van der Waals surface area (Å²) in [4.78, 5) is 4.29. The van der Waals surface area contributed by atoms with E-state index in [1.165, 1.54) is 5.56 Å². The SMILES string of the molecule is Cc1cc(C)c(C(O)C(C)NCc2ccccn2)c(C)c1. The zero-order valence-electron chi connectivity index (χ0n) is 13.2. The van der Waals surface area contributed by atoms with Gasteiger partial charge >= 0.3 is 0 Å². The average molecular weight is 284 g/mol. The number of hydrogen-bond acceptors (Lipinski definition) is 3. The Labute approximate surface area is 127 Å². The molecule has 21 heavy (non-hydrogen) atoms. The highest BCUT2D eigenvalue weighted by Gasteiger charge is 2.20. The molecular weight excluding hydrogens is 260 g/mol. The van der Waals surface area contributed by atoms with Crippen molar-refractivity contribution in [3.63, 3.8) is 0 Å². The molecule has 3 nitrogen and oxygen atoms in total. The second-order valence-electron chi connectivity index (χ2n) is 5.75. The molecule has 0 bridgehead atoms. The average Bonchev–Trinajstić information content (AvgIpc) is 2.44. The second kappa shape index (κ2) is 6.83. The van der Waals surface area contributed by atoms with Crippen molar-refractivity contribution >= 4 is 0 Å². The third kappa shape index (κ3) is 3.90. The Morgan fingerprint density at radius 2 is 1.81 bits per heavy atom. The fourth-order valence-corrected chi connectivity index (χ4v) is 2.79. The lowest BCUT2D eigenvalue weighted by Gasteiger charge is -2.24. The highest BCUT2D eigenvalue weighted by Crippen LogP contribution is 2.25.